The second kappa shape index (κ2) is 5.41. The maximum Gasteiger partial charge on any atom is 0.261 e. The number of benzene rings is 1. The minimum Gasteiger partial charge on any atom is -0.291 e. The average molecular weight is 305 g/mol. The van der Waals surface area contributed by atoms with Crippen LogP contribution in [0.5, 0.6) is 0 Å². The highest BCUT2D eigenvalue weighted by Crippen LogP contribution is 2.08. The summed E-state index contributed by atoms with van der Waals surface area (Å²) in [6.45, 7) is 0.228. The molecule has 4 rings (SSSR count). The van der Waals surface area contributed by atoms with Crippen LogP contribution in [0.2, 0.25) is 0 Å². The fourth-order valence-electron chi connectivity index (χ4n) is 2.35. The highest BCUT2D eigenvalue weighted by molar-refractivity contribution is 5.75. The molecule has 112 valence electrons. The van der Waals surface area contributed by atoms with Crippen LogP contribution in [-0.2, 0) is 6.54 Å². The van der Waals surface area contributed by atoms with Crippen molar-refractivity contribution >= 4 is 10.9 Å². The lowest BCUT2D eigenvalue weighted by Crippen LogP contribution is -2.23. The van der Waals surface area contributed by atoms with E-state index in [0.29, 0.717) is 16.7 Å². The number of pyridine rings is 1. The molecule has 0 bridgehead atoms. The molecule has 3 aromatic heterocycles. The number of para-hydroxylation sites is 1. The monoisotopic (exact) mass is 305 g/mol. The van der Waals surface area contributed by atoms with Gasteiger partial charge in [0.25, 0.3) is 5.56 Å². The normalized spacial score (nSPS) is 11.0. The molecule has 0 aliphatic rings. The van der Waals surface area contributed by atoms with Gasteiger partial charge in [0.2, 0.25) is 0 Å². The van der Waals surface area contributed by atoms with Gasteiger partial charge >= 0.3 is 0 Å². The van der Waals surface area contributed by atoms with Crippen LogP contribution in [0.3, 0.4) is 0 Å². The minimum atomic E-state index is -0.153. The lowest BCUT2D eigenvalue weighted by Gasteiger charge is -2.07. The fraction of sp³-hybridized carbons (Fsp3) is 0.0667. The molecule has 0 spiro atoms. The first-order valence-corrected chi connectivity index (χ1v) is 6.95. The largest absolute Gasteiger partial charge is 0.291 e. The van der Waals surface area contributed by atoms with Gasteiger partial charge in [0.05, 0.1) is 35.7 Å². The molecule has 0 saturated heterocycles. The molecule has 0 saturated carbocycles. The van der Waals surface area contributed by atoms with Crippen molar-refractivity contribution in [2.24, 2.45) is 0 Å². The number of aromatic nitrogens is 7. The summed E-state index contributed by atoms with van der Waals surface area (Å²) in [6, 6.07) is 11.2. The van der Waals surface area contributed by atoms with Gasteiger partial charge < -0.3 is 0 Å². The maximum absolute atomic E-state index is 12.5. The molecule has 3 heterocycles. The standard InChI is InChI=1S/C15H11N7O/c23-15-12-6-7-16-8-13(12)17-10-21(15)9-14-18-19-20-22(14)11-4-2-1-3-5-11/h1-8,10H,9H2. The van der Waals surface area contributed by atoms with Crippen molar-refractivity contribution in [3.8, 4) is 5.69 Å². The second-order valence-electron chi connectivity index (χ2n) is 4.91. The van der Waals surface area contributed by atoms with E-state index in [2.05, 4.69) is 25.5 Å². The number of tetrazole rings is 1. The Morgan fingerprint density at radius 2 is 1.96 bits per heavy atom. The predicted octanol–water partition coefficient (Wildman–Crippen LogP) is 0.815. The third-order valence-electron chi connectivity index (χ3n) is 3.47. The molecule has 4 aromatic rings. The average Bonchev–Trinajstić information content (AvgIpc) is 3.07. The van der Waals surface area contributed by atoms with Gasteiger partial charge in [-0.05, 0) is 28.6 Å². The van der Waals surface area contributed by atoms with E-state index in [-0.39, 0.29) is 12.1 Å². The van der Waals surface area contributed by atoms with Gasteiger partial charge in [0, 0.05) is 6.20 Å². The molecule has 0 aliphatic heterocycles. The fourth-order valence-corrected chi connectivity index (χ4v) is 2.35. The number of hydrogen-bond donors (Lipinski definition) is 0. The zero-order valence-electron chi connectivity index (χ0n) is 11.9. The van der Waals surface area contributed by atoms with E-state index in [1.165, 1.54) is 10.9 Å². The molecule has 0 aliphatic carbocycles. The summed E-state index contributed by atoms with van der Waals surface area (Å²) in [5, 5.41) is 12.2. The van der Waals surface area contributed by atoms with Crippen molar-refractivity contribution in [1.82, 2.24) is 34.7 Å². The molecule has 0 amide bonds. The molecule has 0 fully saturated rings. The molecule has 23 heavy (non-hydrogen) atoms. The van der Waals surface area contributed by atoms with Gasteiger partial charge in [-0.15, -0.1) is 5.10 Å². The summed E-state index contributed by atoms with van der Waals surface area (Å²) in [7, 11) is 0. The molecule has 0 radical (unpaired) electrons. The van der Waals surface area contributed by atoms with Gasteiger partial charge in [-0.1, -0.05) is 18.2 Å². The van der Waals surface area contributed by atoms with Crippen LogP contribution >= 0.6 is 0 Å². The Morgan fingerprint density at radius 1 is 1.09 bits per heavy atom. The Morgan fingerprint density at radius 3 is 2.83 bits per heavy atom. The molecular formula is C15H11N7O. The summed E-state index contributed by atoms with van der Waals surface area (Å²) in [6.07, 6.45) is 4.62. The predicted molar refractivity (Wildman–Crippen MR) is 82.1 cm³/mol. The summed E-state index contributed by atoms with van der Waals surface area (Å²) in [5.41, 5.74) is 1.25. The van der Waals surface area contributed by atoms with Crippen LogP contribution in [-0.4, -0.2) is 34.7 Å². The first-order valence-electron chi connectivity index (χ1n) is 6.95. The molecule has 1 aromatic carbocycles. The van der Waals surface area contributed by atoms with Crippen molar-refractivity contribution in [2.45, 2.75) is 6.54 Å². The van der Waals surface area contributed by atoms with Crippen LogP contribution in [0.4, 0.5) is 0 Å². The van der Waals surface area contributed by atoms with Crippen LogP contribution in [0.25, 0.3) is 16.6 Å². The summed E-state index contributed by atoms with van der Waals surface area (Å²) in [4.78, 5) is 20.7. The third-order valence-corrected chi connectivity index (χ3v) is 3.47. The Hall–Kier alpha value is -3.42. The Labute approximate surface area is 130 Å². The molecule has 8 nitrogen and oxygen atoms in total. The van der Waals surface area contributed by atoms with Crippen LogP contribution in [0, 0.1) is 0 Å². The topological polar surface area (TPSA) is 91.4 Å². The van der Waals surface area contributed by atoms with E-state index in [0.717, 1.165) is 5.69 Å². The molecule has 0 atom stereocenters. The summed E-state index contributed by atoms with van der Waals surface area (Å²) in [5.74, 6) is 0.550. The molecular weight excluding hydrogens is 294 g/mol. The minimum absolute atomic E-state index is 0.153. The van der Waals surface area contributed by atoms with Gasteiger partial charge in [0.15, 0.2) is 5.82 Å². The third kappa shape index (κ3) is 2.35. The van der Waals surface area contributed by atoms with E-state index >= 15 is 0 Å². The van der Waals surface area contributed by atoms with E-state index in [1.807, 2.05) is 30.3 Å². The summed E-state index contributed by atoms with van der Waals surface area (Å²) < 4.78 is 3.08. The van der Waals surface area contributed by atoms with Gasteiger partial charge in [0.1, 0.15) is 0 Å². The first-order chi connectivity index (χ1) is 11.3. The molecule has 0 N–H and O–H groups in total. The quantitative estimate of drug-likeness (QED) is 0.556. The number of rotatable bonds is 3. The highest BCUT2D eigenvalue weighted by atomic mass is 16.1. The van der Waals surface area contributed by atoms with E-state index in [9.17, 15) is 4.79 Å². The maximum atomic E-state index is 12.5. The number of nitrogens with zero attached hydrogens (tertiary/aromatic N) is 7. The van der Waals surface area contributed by atoms with Crippen LogP contribution in [0.15, 0.2) is 59.9 Å². The van der Waals surface area contributed by atoms with Gasteiger partial charge in [-0.2, -0.15) is 4.68 Å². The molecule has 8 heteroatoms. The number of hydrogen-bond acceptors (Lipinski definition) is 6. The van der Waals surface area contributed by atoms with Crippen LogP contribution in [0.1, 0.15) is 5.82 Å². The van der Waals surface area contributed by atoms with Crippen molar-refractivity contribution < 1.29 is 0 Å². The SMILES string of the molecule is O=c1c2ccncc2ncn1Cc1nnnn1-c1ccccc1. The Kier molecular flexibility index (Phi) is 3.12. The van der Waals surface area contributed by atoms with E-state index in [1.54, 1.807) is 23.1 Å². The smallest absolute Gasteiger partial charge is 0.261 e. The van der Waals surface area contributed by atoms with Gasteiger partial charge in [-0.25, -0.2) is 4.98 Å². The second-order valence-corrected chi connectivity index (χ2v) is 4.91. The van der Waals surface area contributed by atoms with E-state index in [4.69, 9.17) is 0 Å². The Bertz CT molecular complexity index is 1020. The van der Waals surface area contributed by atoms with Crippen molar-refractivity contribution in [3.63, 3.8) is 0 Å². The summed E-state index contributed by atoms with van der Waals surface area (Å²) >= 11 is 0. The zero-order chi connectivity index (χ0) is 15.6. The highest BCUT2D eigenvalue weighted by Gasteiger charge is 2.11. The van der Waals surface area contributed by atoms with Crippen LogP contribution < -0.4 is 5.56 Å². The van der Waals surface area contributed by atoms with Crippen molar-refractivity contribution in [3.05, 3.63) is 71.3 Å². The van der Waals surface area contributed by atoms with E-state index < -0.39 is 0 Å². The molecule has 0 unspecified atom stereocenters. The number of fused-ring (bicyclic) bond motifs is 1. The Balaban J connectivity index is 1.77. The lowest BCUT2D eigenvalue weighted by atomic mass is 10.3. The van der Waals surface area contributed by atoms with Gasteiger partial charge in [-0.3, -0.25) is 14.3 Å². The van der Waals surface area contributed by atoms with Crippen molar-refractivity contribution in [1.29, 1.82) is 0 Å². The lowest BCUT2D eigenvalue weighted by molar-refractivity contribution is 0.675. The zero-order valence-corrected chi connectivity index (χ0v) is 11.9. The van der Waals surface area contributed by atoms with Crippen molar-refractivity contribution in [2.75, 3.05) is 0 Å². The first kappa shape index (κ1) is 13.3.